The highest BCUT2D eigenvalue weighted by molar-refractivity contribution is 7.45. The van der Waals surface area contributed by atoms with E-state index in [-0.39, 0.29) is 12.5 Å². The maximum Gasteiger partial charge on any atom is 0.270 e. The fourth-order valence-electron chi connectivity index (χ4n) is 3.89. The van der Waals surface area contributed by atoms with E-state index in [0.29, 0.717) is 24.1 Å². The summed E-state index contributed by atoms with van der Waals surface area (Å²) in [6.45, 7) is 7.15. The monoisotopic (exact) mass is 550 g/mol. The number of phosphoric acid groups is 1. The lowest BCUT2D eigenvalue weighted by Gasteiger charge is -2.32. The van der Waals surface area contributed by atoms with Crippen molar-refractivity contribution in [3.05, 3.63) is 0 Å². The number of hydrogen-bond donors (Lipinski definition) is 1. The Labute approximate surface area is 228 Å². The largest absolute Gasteiger partial charge is 0.756 e. The zero-order chi connectivity index (χ0) is 28.0. The highest BCUT2D eigenvalue weighted by atomic mass is 31.2. The molecule has 0 heterocycles. The molecule has 37 heavy (non-hydrogen) atoms. The summed E-state index contributed by atoms with van der Waals surface area (Å²) in [4.78, 5) is 25.1. The Kier molecular flexibility index (Phi) is 22.0. The maximum atomic E-state index is 12.6. The van der Waals surface area contributed by atoms with Crippen molar-refractivity contribution < 1.29 is 32.5 Å². The molecule has 0 aromatic carbocycles. The summed E-state index contributed by atoms with van der Waals surface area (Å²) >= 11 is 0. The van der Waals surface area contributed by atoms with Crippen molar-refractivity contribution in [2.45, 2.75) is 136 Å². The molecule has 3 atom stereocenters. The second kappa shape index (κ2) is 22.3. The van der Waals surface area contributed by atoms with Gasteiger partial charge in [0.1, 0.15) is 13.2 Å². The summed E-state index contributed by atoms with van der Waals surface area (Å²) in [5.41, 5.74) is 0. The lowest BCUT2D eigenvalue weighted by atomic mass is 10.1. The third-order valence-electron chi connectivity index (χ3n) is 6.37. The molecule has 222 valence electrons. The van der Waals surface area contributed by atoms with E-state index in [9.17, 15) is 14.3 Å². The molecule has 8 nitrogen and oxygen atoms in total. The molecule has 9 heteroatoms. The van der Waals surface area contributed by atoms with Crippen LogP contribution in [-0.2, 0) is 23.1 Å². The summed E-state index contributed by atoms with van der Waals surface area (Å²) in [6.07, 6.45) is 15.9. The van der Waals surface area contributed by atoms with Crippen LogP contribution in [0.4, 0.5) is 0 Å². The van der Waals surface area contributed by atoms with E-state index in [1.165, 1.54) is 57.8 Å². The van der Waals surface area contributed by atoms with Crippen LogP contribution in [0, 0.1) is 0 Å². The van der Waals surface area contributed by atoms with Gasteiger partial charge in [0, 0.05) is 13.0 Å². The van der Waals surface area contributed by atoms with Crippen LogP contribution in [0.1, 0.15) is 124 Å². The van der Waals surface area contributed by atoms with Crippen molar-refractivity contribution in [1.82, 2.24) is 5.32 Å². The van der Waals surface area contributed by atoms with E-state index in [0.717, 1.165) is 38.5 Å². The number of quaternary nitrogens is 1. The molecule has 0 saturated heterocycles. The first kappa shape index (κ1) is 36.5. The van der Waals surface area contributed by atoms with Crippen molar-refractivity contribution in [1.29, 1.82) is 0 Å². The molecule has 0 aliphatic carbocycles. The number of carbonyl (C=O) groups excluding carboxylic acids is 1. The summed E-state index contributed by atoms with van der Waals surface area (Å²) in [5, 5.41) is 2.73. The van der Waals surface area contributed by atoms with E-state index in [1.807, 2.05) is 21.1 Å². The molecule has 0 aliphatic rings. The van der Waals surface area contributed by atoms with E-state index in [4.69, 9.17) is 13.8 Å². The average Bonchev–Trinajstić information content (AvgIpc) is 2.80. The molecule has 0 aromatic heterocycles. The summed E-state index contributed by atoms with van der Waals surface area (Å²) in [7, 11) is 1.25. The number of nitrogens with zero attached hydrogens (tertiary/aromatic N) is 1. The predicted molar refractivity (Wildman–Crippen MR) is 150 cm³/mol. The van der Waals surface area contributed by atoms with Crippen molar-refractivity contribution in [3.63, 3.8) is 0 Å². The average molecular weight is 551 g/mol. The van der Waals surface area contributed by atoms with Crippen LogP contribution >= 0.6 is 7.82 Å². The van der Waals surface area contributed by atoms with Crippen LogP contribution in [0.2, 0.25) is 0 Å². The van der Waals surface area contributed by atoms with E-state index in [1.54, 1.807) is 6.92 Å². The second-order valence-corrected chi connectivity index (χ2v) is 12.7. The first-order valence-corrected chi connectivity index (χ1v) is 16.3. The van der Waals surface area contributed by atoms with E-state index in [2.05, 4.69) is 19.2 Å². The minimum Gasteiger partial charge on any atom is -0.756 e. The van der Waals surface area contributed by atoms with E-state index < -0.39 is 20.2 Å². The Hall–Kier alpha value is -0.500. The molecule has 0 bridgehead atoms. The van der Waals surface area contributed by atoms with Crippen molar-refractivity contribution in [2.75, 3.05) is 40.9 Å². The zero-order valence-corrected chi connectivity index (χ0v) is 25.8. The van der Waals surface area contributed by atoms with Gasteiger partial charge in [-0.2, -0.15) is 0 Å². The molecule has 3 unspecified atom stereocenters. The number of carbonyl (C=O) groups is 1. The third kappa shape index (κ3) is 24.3. The van der Waals surface area contributed by atoms with Crippen LogP contribution in [0.3, 0.4) is 0 Å². The van der Waals surface area contributed by atoms with Gasteiger partial charge < -0.3 is 24.0 Å². The van der Waals surface area contributed by atoms with Gasteiger partial charge in [-0.3, -0.25) is 13.9 Å². The molecule has 0 fully saturated rings. The number of likely N-dealkylation sites (N-methyl/N-ethyl adjacent to an activating group) is 1. The Bertz CT molecular complexity index is 600. The summed E-state index contributed by atoms with van der Waals surface area (Å²) < 4.78 is 29.3. The Morgan fingerprint density at radius 1 is 0.811 bits per heavy atom. The molecule has 1 amide bonds. The van der Waals surface area contributed by atoms with Gasteiger partial charge in [-0.25, -0.2) is 0 Å². The van der Waals surface area contributed by atoms with Gasteiger partial charge in [0.2, 0.25) is 5.91 Å². The van der Waals surface area contributed by atoms with Gasteiger partial charge in [0.15, 0.2) is 6.23 Å². The topological polar surface area (TPSA) is 96.9 Å². The molecule has 0 aromatic rings. The van der Waals surface area contributed by atoms with Crippen LogP contribution in [0.15, 0.2) is 0 Å². The summed E-state index contributed by atoms with van der Waals surface area (Å²) in [5.74, 6) is -0.227. The molecule has 0 spiro atoms. The normalized spacial score (nSPS) is 15.3. The van der Waals surface area contributed by atoms with Gasteiger partial charge in [0.25, 0.3) is 7.82 Å². The number of ether oxygens (including phenoxy) is 1. The molecule has 0 saturated carbocycles. The minimum atomic E-state index is -4.61. The highest BCUT2D eigenvalue weighted by Crippen LogP contribution is 2.40. The third-order valence-corrected chi connectivity index (χ3v) is 7.35. The van der Waals surface area contributed by atoms with Gasteiger partial charge in [-0.05, 0) is 19.8 Å². The molecule has 0 rings (SSSR count). The number of phosphoric ester groups is 1. The SMILES string of the molecule is CCCCCCCCCCCC(=O)NC(OP(=O)([O-])OCC[N+](C)(C)C)C(C)OCCCCCCCC. The lowest BCUT2D eigenvalue weighted by Crippen LogP contribution is -2.45. The fourth-order valence-corrected chi connectivity index (χ4v) is 4.76. The van der Waals surface area contributed by atoms with Crippen LogP contribution < -0.4 is 10.2 Å². The number of nitrogens with one attached hydrogen (secondary N) is 1. The zero-order valence-electron chi connectivity index (χ0n) is 24.9. The van der Waals surface area contributed by atoms with Gasteiger partial charge in [0.05, 0.1) is 27.2 Å². The van der Waals surface area contributed by atoms with Crippen molar-refractivity contribution >= 4 is 13.7 Å². The number of rotatable bonds is 26. The standard InChI is InChI=1S/C28H59N2O6P/c1-7-9-11-13-15-16-17-18-20-22-27(31)29-28(26(3)34-24-21-19-14-12-10-8-2)36-37(32,33)35-25-23-30(4,5)6/h26,28H,7-25H2,1-6H3,(H-,29,31,32,33). The highest BCUT2D eigenvalue weighted by Gasteiger charge is 2.26. The Morgan fingerprint density at radius 2 is 1.30 bits per heavy atom. The van der Waals surface area contributed by atoms with Crippen molar-refractivity contribution in [3.8, 4) is 0 Å². The number of hydrogen-bond acceptors (Lipinski definition) is 6. The van der Waals surface area contributed by atoms with Gasteiger partial charge >= 0.3 is 0 Å². The second-order valence-electron chi connectivity index (χ2n) is 11.3. The van der Waals surface area contributed by atoms with Crippen LogP contribution in [0.25, 0.3) is 0 Å². The van der Waals surface area contributed by atoms with E-state index >= 15 is 0 Å². The van der Waals surface area contributed by atoms with Crippen molar-refractivity contribution in [2.24, 2.45) is 0 Å². The quantitative estimate of drug-likeness (QED) is 0.0586. The molecule has 1 N–H and O–H groups in total. The lowest BCUT2D eigenvalue weighted by molar-refractivity contribution is -0.870. The van der Waals surface area contributed by atoms with Crippen LogP contribution in [-0.4, -0.2) is 63.6 Å². The van der Waals surface area contributed by atoms with Crippen LogP contribution in [0.5, 0.6) is 0 Å². The molecule has 0 radical (unpaired) electrons. The molecular weight excluding hydrogens is 491 g/mol. The number of unbranched alkanes of at least 4 members (excludes halogenated alkanes) is 13. The Morgan fingerprint density at radius 3 is 1.81 bits per heavy atom. The maximum absolute atomic E-state index is 12.6. The Balaban J connectivity index is 4.61. The fraction of sp³-hybridized carbons (Fsp3) is 0.964. The minimum absolute atomic E-state index is 0.0103. The first-order valence-electron chi connectivity index (χ1n) is 14.9. The number of amides is 1. The predicted octanol–water partition coefficient (Wildman–Crippen LogP) is 6.32. The first-order chi connectivity index (χ1) is 17.5. The van der Waals surface area contributed by atoms with Gasteiger partial charge in [-0.15, -0.1) is 0 Å². The molecular formula is C28H59N2O6P. The van der Waals surface area contributed by atoms with Gasteiger partial charge in [-0.1, -0.05) is 97.3 Å². The molecule has 0 aliphatic heterocycles. The summed E-state index contributed by atoms with van der Waals surface area (Å²) in [6, 6.07) is 0. The smallest absolute Gasteiger partial charge is 0.270 e.